The quantitative estimate of drug-likeness (QED) is 0.896. The normalized spacial score (nSPS) is 18.8. The zero-order chi connectivity index (χ0) is 13.8. The number of rotatable bonds is 3. The third-order valence-corrected chi connectivity index (χ3v) is 3.54. The number of anilines is 2. The van der Waals surface area contributed by atoms with E-state index in [2.05, 4.69) is 25.6 Å². The van der Waals surface area contributed by atoms with E-state index in [1.165, 1.54) is 6.42 Å². The molecule has 2 aromatic heterocycles. The largest absolute Gasteiger partial charge is 0.323 e. The Kier molecular flexibility index (Phi) is 3.87. The smallest absolute Gasteiger partial charge is 0.153 e. The van der Waals surface area contributed by atoms with Gasteiger partial charge in [-0.15, -0.1) is 0 Å². The minimum Gasteiger partial charge on any atom is -0.323 e. The van der Waals surface area contributed by atoms with Crippen molar-refractivity contribution in [2.75, 3.05) is 18.4 Å². The van der Waals surface area contributed by atoms with Gasteiger partial charge >= 0.3 is 0 Å². The molecule has 3 rings (SSSR count). The maximum absolute atomic E-state index is 4.53. The Hall–Kier alpha value is -2.01. The Labute approximate surface area is 118 Å². The highest BCUT2D eigenvalue weighted by atomic mass is 15.1. The van der Waals surface area contributed by atoms with Crippen LogP contribution in [0.15, 0.2) is 30.6 Å². The summed E-state index contributed by atoms with van der Waals surface area (Å²) in [5.74, 6) is 2.06. The van der Waals surface area contributed by atoms with Crippen LogP contribution in [0.1, 0.15) is 30.1 Å². The molecule has 0 spiro atoms. The number of aromatic nitrogens is 3. The lowest BCUT2D eigenvalue weighted by Crippen LogP contribution is -2.29. The molecule has 1 atom stereocenters. The zero-order valence-electron chi connectivity index (χ0n) is 11.6. The lowest BCUT2D eigenvalue weighted by atomic mass is 9.96. The van der Waals surface area contributed by atoms with Crippen molar-refractivity contribution in [3.63, 3.8) is 0 Å². The molecule has 1 aliphatic rings. The van der Waals surface area contributed by atoms with Crippen LogP contribution < -0.4 is 10.6 Å². The summed E-state index contributed by atoms with van der Waals surface area (Å²) >= 11 is 0. The lowest BCUT2D eigenvalue weighted by Gasteiger charge is -2.23. The fraction of sp³-hybridized carbons (Fsp3) is 0.400. The average Bonchev–Trinajstić information content (AvgIpc) is 2.49. The number of aryl methyl sites for hydroxylation is 1. The Balaban J connectivity index is 1.85. The molecule has 2 aromatic rings. The van der Waals surface area contributed by atoms with Crippen molar-refractivity contribution in [3.8, 4) is 0 Å². The van der Waals surface area contributed by atoms with Gasteiger partial charge in [0.05, 0.1) is 5.69 Å². The summed E-state index contributed by atoms with van der Waals surface area (Å²) in [5, 5.41) is 6.72. The Bertz CT molecular complexity index is 578. The van der Waals surface area contributed by atoms with Crippen LogP contribution in [0, 0.1) is 6.92 Å². The van der Waals surface area contributed by atoms with Crippen LogP contribution in [-0.2, 0) is 0 Å². The minimum absolute atomic E-state index is 0.421. The molecule has 3 heterocycles. The molecular formula is C15H19N5. The van der Waals surface area contributed by atoms with Gasteiger partial charge in [-0.05, 0) is 38.4 Å². The van der Waals surface area contributed by atoms with E-state index in [0.717, 1.165) is 42.5 Å². The molecule has 20 heavy (non-hydrogen) atoms. The van der Waals surface area contributed by atoms with Gasteiger partial charge in [-0.2, -0.15) is 0 Å². The highest BCUT2D eigenvalue weighted by Gasteiger charge is 2.20. The van der Waals surface area contributed by atoms with Crippen molar-refractivity contribution in [1.29, 1.82) is 0 Å². The van der Waals surface area contributed by atoms with E-state index in [0.29, 0.717) is 5.92 Å². The van der Waals surface area contributed by atoms with Gasteiger partial charge in [0.25, 0.3) is 0 Å². The van der Waals surface area contributed by atoms with Crippen LogP contribution in [0.25, 0.3) is 0 Å². The second kappa shape index (κ2) is 5.96. The molecule has 0 aromatic carbocycles. The van der Waals surface area contributed by atoms with Crippen molar-refractivity contribution < 1.29 is 0 Å². The van der Waals surface area contributed by atoms with Crippen LogP contribution in [0.2, 0.25) is 0 Å². The fourth-order valence-electron chi connectivity index (χ4n) is 2.56. The first-order chi connectivity index (χ1) is 9.83. The zero-order valence-corrected chi connectivity index (χ0v) is 11.6. The third kappa shape index (κ3) is 2.93. The van der Waals surface area contributed by atoms with Gasteiger partial charge < -0.3 is 10.6 Å². The summed E-state index contributed by atoms with van der Waals surface area (Å²) in [6, 6.07) is 5.92. The van der Waals surface area contributed by atoms with E-state index in [1.807, 2.05) is 25.1 Å². The van der Waals surface area contributed by atoms with Gasteiger partial charge in [0, 0.05) is 30.6 Å². The van der Waals surface area contributed by atoms with Crippen molar-refractivity contribution >= 4 is 11.6 Å². The number of nitrogens with zero attached hydrogens (tertiary/aromatic N) is 3. The first-order valence-electron chi connectivity index (χ1n) is 7.05. The van der Waals surface area contributed by atoms with E-state index < -0.39 is 0 Å². The standard InChI is InChI=1S/C15H19N5/c1-11-4-2-6-13(19-11)20-15-14(17-8-9-18-15)12-5-3-7-16-10-12/h2,4,6,8-9,12,16H,3,5,7,10H2,1H3,(H,18,19,20). The highest BCUT2D eigenvalue weighted by molar-refractivity contribution is 5.54. The lowest BCUT2D eigenvalue weighted by molar-refractivity contribution is 0.455. The first kappa shape index (κ1) is 13.0. The van der Waals surface area contributed by atoms with Crippen molar-refractivity contribution in [1.82, 2.24) is 20.3 Å². The molecule has 0 saturated carbocycles. The fourth-order valence-corrected chi connectivity index (χ4v) is 2.56. The van der Waals surface area contributed by atoms with E-state index in [1.54, 1.807) is 12.4 Å². The summed E-state index contributed by atoms with van der Waals surface area (Å²) in [6.45, 7) is 4.04. The molecule has 0 radical (unpaired) electrons. The highest BCUT2D eigenvalue weighted by Crippen LogP contribution is 2.27. The molecule has 1 aliphatic heterocycles. The predicted molar refractivity (Wildman–Crippen MR) is 79.1 cm³/mol. The molecule has 5 heteroatoms. The Morgan fingerprint density at radius 2 is 2.15 bits per heavy atom. The monoisotopic (exact) mass is 269 g/mol. The van der Waals surface area contributed by atoms with Gasteiger partial charge in [0.15, 0.2) is 5.82 Å². The summed E-state index contributed by atoms with van der Waals surface area (Å²) < 4.78 is 0. The van der Waals surface area contributed by atoms with E-state index >= 15 is 0 Å². The van der Waals surface area contributed by atoms with Gasteiger partial charge in [0.1, 0.15) is 5.82 Å². The SMILES string of the molecule is Cc1cccc(Nc2nccnc2C2CCCNC2)n1. The maximum atomic E-state index is 4.53. The van der Waals surface area contributed by atoms with Crippen LogP contribution in [-0.4, -0.2) is 28.0 Å². The molecule has 0 bridgehead atoms. The van der Waals surface area contributed by atoms with Crippen LogP contribution in [0.3, 0.4) is 0 Å². The number of nitrogens with one attached hydrogen (secondary N) is 2. The van der Waals surface area contributed by atoms with E-state index in [4.69, 9.17) is 0 Å². The summed E-state index contributed by atoms with van der Waals surface area (Å²) in [6.07, 6.45) is 5.82. The third-order valence-electron chi connectivity index (χ3n) is 3.54. The van der Waals surface area contributed by atoms with Gasteiger partial charge in [-0.25, -0.2) is 9.97 Å². The predicted octanol–water partition coefficient (Wildman–Crippen LogP) is 2.39. The molecular weight excluding hydrogens is 250 g/mol. The minimum atomic E-state index is 0.421. The topological polar surface area (TPSA) is 62.7 Å². The number of hydrogen-bond acceptors (Lipinski definition) is 5. The first-order valence-corrected chi connectivity index (χ1v) is 7.05. The van der Waals surface area contributed by atoms with Gasteiger partial charge in [-0.3, -0.25) is 4.98 Å². The molecule has 1 unspecified atom stereocenters. The molecule has 1 fully saturated rings. The van der Waals surface area contributed by atoms with Crippen LogP contribution in [0.5, 0.6) is 0 Å². The number of hydrogen-bond donors (Lipinski definition) is 2. The Morgan fingerprint density at radius 3 is 2.95 bits per heavy atom. The number of piperidine rings is 1. The number of pyridine rings is 1. The molecule has 0 aliphatic carbocycles. The maximum Gasteiger partial charge on any atom is 0.153 e. The van der Waals surface area contributed by atoms with Crippen LogP contribution in [0.4, 0.5) is 11.6 Å². The van der Waals surface area contributed by atoms with E-state index in [9.17, 15) is 0 Å². The van der Waals surface area contributed by atoms with Gasteiger partial charge in [-0.1, -0.05) is 6.07 Å². The average molecular weight is 269 g/mol. The molecule has 5 nitrogen and oxygen atoms in total. The van der Waals surface area contributed by atoms with Crippen molar-refractivity contribution in [2.45, 2.75) is 25.7 Å². The van der Waals surface area contributed by atoms with Crippen molar-refractivity contribution in [2.24, 2.45) is 0 Å². The molecule has 2 N–H and O–H groups in total. The summed E-state index contributed by atoms with van der Waals surface area (Å²) in [4.78, 5) is 13.4. The molecule has 104 valence electrons. The summed E-state index contributed by atoms with van der Waals surface area (Å²) in [7, 11) is 0. The Morgan fingerprint density at radius 1 is 1.25 bits per heavy atom. The van der Waals surface area contributed by atoms with Crippen LogP contribution >= 0.6 is 0 Å². The van der Waals surface area contributed by atoms with E-state index in [-0.39, 0.29) is 0 Å². The van der Waals surface area contributed by atoms with Gasteiger partial charge in [0.2, 0.25) is 0 Å². The molecule has 1 saturated heterocycles. The molecule has 0 amide bonds. The second-order valence-corrected chi connectivity index (χ2v) is 5.12. The summed E-state index contributed by atoms with van der Waals surface area (Å²) in [5.41, 5.74) is 2.02. The second-order valence-electron chi connectivity index (χ2n) is 5.12. The van der Waals surface area contributed by atoms with Crippen molar-refractivity contribution in [3.05, 3.63) is 42.0 Å².